The first-order chi connectivity index (χ1) is 11.6. The van der Waals surface area contributed by atoms with Gasteiger partial charge in [0, 0.05) is 18.1 Å². The fourth-order valence-corrected chi connectivity index (χ4v) is 3.11. The maximum absolute atomic E-state index is 12.6. The SMILES string of the molecule is O=C(Cc1cccc(Cl)c1)Nc1ccccc1C(=O)N1CCCC1. The van der Waals surface area contributed by atoms with Crippen LogP contribution in [0, 0.1) is 0 Å². The van der Waals surface area contributed by atoms with Crippen LogP contribution >= 0.6 is 11.6 Å². The Morgan fingerprint density at radius 1 is 1.04 bits per heavy atom. The molecule has 124 valence electrons. The number of carbonyl (C=O) groups is 2. The highest BCUT2D eigenvalue weighted by Gasteiger charge is 2.22. The number of nitrogens with one attached hydrogen (secondary N) is 1. The zero-order valence-corrected chi connectivity index (χ0v) is 14.1. The highest BCUT2D eigenvalue weighted by atomic mass is 35.5. The van der Waals surface area contributed by atoms with E-state index in [0.29, 0.717) is 16.3 Å². The van der Waals surface area contributed by atoms with Crippen molar-refractivity contribution in [1.29, 1.82) is 0 Å². The molecule has 0 unspecified atom stereocenters. The first kappa shape index (κ1) is 16.5. The molecule has 1 aliphatic heterocycles. The molecule has 4 nitrogen and oxygen atoms in total. The van der Waals surface area contributed by atoms with Gasteiger partial charge in [0.15, 0.2) is 0 Å². The van der Waals surface area contributed by atoms with Crippen molar-refractivity contribution in [2.24, 2.45) is 0 Å². The van der Waals surface area contributed by atoms with Crippen LogP contribution in [-0.4, -0.2) is 29.8 Å². The lowest BCUT2D eigenvalue weighted by molar-refractivity contribution is -0.115. The minimum Gasteiger partial charge on any atom is -0.339 e. The van der Waals surface area contributed by atoms with Gasteiger partial charge in [-0.1, -0.05) is 35.9 Å². The quantitative estimate of drug-likeness (QED) is 0.919. The molecule has 1 aliphatic rings. The molecule has 1 heterocycles. The zero-order valence-electron chi connectivity index (χ0n) is 13.3. The number of hydrogen-bond acceptors (Lipinski definition) is 2. The van der Waals surface area contributed by atoms with E-state index >= 15 is 0 Å². The van der Waals surface area contributed by atoms with Gasteiger partial charge in [0.05, 0.1) is 17.7 Å². The lowest BCUT2D eigenvalue weighted by atomic mass is 10.1. The summed E-state index contributed by atoms with van der Waals surface area (Å²) in [7, 11) is 0. The molecule has 24 heavy (non-hydrogen) atoms. The molecule has 0 aromatic heterocycles. The summed E-state index contributed by atoms with van der Waals surface area (Å²) < 4.78 is 0. The Kier molecular flexibility index (Phi) is 5.16. The highest BCUT2D eigenvalue weighted by molar-refractivity contribution is 6.30. The largest absolute Gasteiger partial charge is 0.339 e. The first-order valence-corrected chi connectivity index (χ1v) is 8.44. The van der Waals surface area contributed by atoms with Crippen LogP contribution < -0.4 is 5.32 Å². The summed E-state index contributed by atoms with van der Waals surface area (Å²) in [6.07, 6.45) is 2.29. The average Bonchev–Trinajstić information content (AvgIpc) is 3.09. The van der Waals surface area contributed by atoms with E-state index < -0.39 is 0 Å². The van der Waals surface area contributed by atoms with Crippen LogP contribution in [0.25, 0.3) is 0 Å². The van der Waals surface area contributed by atoms with Crippen molar-refractivity contribution >= 4 is 29.1 Å². The number of carbonyl (C=O) groups excluding carboxylic acids is 2. The number of halogens is 1. The summed E-state index contributed by atoms with van der Waals surface area (Å²) >= 11 is 5.95. The fourth-order valence-electron chi connectivity index (χ4n) is 2.90. The Morgan fingerprint density at radius 2 is 1.79 bits per heavy atom. The van der Waals surface area contributed by atoms with Gasteiger partial charge in [-0.05, 0) is 42.7 Å². The molecule has 2 aromatic carbocycles. The number of para-hydroxylation sites is 1. The van der Waals surface area contributed by atoms with Crippen LogP contribution in [0.2, 0.25) is 5.02 Å². The van der Waals surface area contributed by atoms with Crippen LogP contribution in [0.1, 0.15) is 28.8 Å². The second-order valence-corrected chi connectivity index (χ2v) is 6.34. The summed E-state index contributed by atoms with van der Waals surface area (Å²) in [6, 6.07) is 14.4. The standard InChI is InChI=1S/C19H19ClN2O2/c20-15-7-5-6-14(12-15)13-18(23)21-17-9-2-1-8-16(17)19(24)22-10-3-4-11-22/h1-2,5-9,12H,3-4,10-11,13H2,(H,21,23). The van der Waals surface area contributed by atoms with Crippen LogP contribution in [0.4, 0.5) is 5.69 Å². The predicted molar refractivity (Wildman–Crippen MR) is 95.4 cm³/mol. The van der Waals surface area contributed by atoms with Gasteiger partial charge in [0.2, 0.25) is 5.91 Å². The molecule has 0 spiro atoms. The number of anilines is 1. The number of nitrogens with zero attached hydrogens (tertiary/aromatic N) is 1. The number of likely N-dealkylation sites (tertiary alicyclic amines) is 1. The Morgan fingerprint density at radius 3 is 2.54 bits per heavy atom. The Balaban J connectivity index is 1.72. The molecule has 5 heteroatoms. The van der Waals surface area contributed by atoms with Gasteiger partial charge in [-0.2, -0.15) is 0 Å². The number of hydrogen-bond donors (Lipinski definition) is 1. The highest BCUT2D eigenvalue weighted by Crippen LogP contribution is 2.20. The molecular weight excluding hydrogens is 324 g/mol. The second-order valence-electron chi connectivity index (χ2n) is 5.90. The Labute approximate surface area is 146 Å². The molecule has 2 amide bonds. The van der Waals surface area contributed by atoms with E-state index in [9.17, 15) is 9.59 Å². The summed E-state index contributed by atoms with van der Waals surface area (Å²) in [4.78, 5) is 26.8. The Hall–Kier alpha value is -2.33. The first-order valence-electron chi connectivity index (χ1n) is 8.06. The number of benzene rings is 2. The molecule has 1 saturated heterocycles. The van der Waals surface area contributed by atoms with E-state index in [2.05, 4.69) is 5.32 Å². The Bertz CT molecular complexity index is 755. The molecule has 3 rings (SSSR count). The van der Waals surface area contributed by atoms with E-state index in [1.165, 1.54) is 0 Å². The summed E-state index contributed by atoms with van der Waals surface area (Å²) in [5.74, 6) is -0.190. The smallest absolute Gasteiger partial charge is 0.255 e. The lowest BCUT2D eigenvalue weighted by Gasteiger charge is -2.18. The van der Waals surface area contributed by atoms with E-state index in [1.54, 1.807) is 24.3 Å². The van der Waals surface area contributed by atoms with Gasteiger partial charge in [0.25, 0.3) is 5.91 Å². The van der Waals surface area contributed by atoms with Crippen molar-refractivity contribution in [2.75, 3.05) is 18.4 Å². The van der Waals surface area contributed by atoms with Gasteiger partial charge in [-0.15, -0.1) is 0 Å². The predicted octanol–water partition coefficient (Wildman–Crippen LogP) is 3.76. The van der Waals surface area contributed by atoms with Crippen LogP contribution in [0.3, 0.4) is 0 Å². The maximum atomic E-state index is 12.6. The monoisotopic (exact) mass is 342 g/mol. The minimum absolute atomic E-state index is 0.0221. The van der Waals surface area contributed by atoms with Crippen molar-refractivity contribution < 1.29 is 9.59 Å². The van der Waals surface area contributed by atoms with Crippen molar-refractivity contribution in [1.82, 2.24) is 4.90 Å². The molecule has 0 aliphatic carbocycles. The molecule has 1 fully saturated rings. The van der Waals surface area contributed by atoms with Gasteiger partial charge in [-0.25, -0.2) is 0 Å². The van der Waals surface area contributed by atoms with E-state index in [-0.39, 0.29) is 18.2 Å². The summed E-state index contributed by atoms with van der Waals surface area (Å²) in [5.41, 5.74) is 1.93. The van der Waals surface area contributed by atoms with E-state index in [4.69, 9.17) is 11.6 Å². The summed E-state index contributed by atoms with van der Waals surface area (Å²) in [5, 5.41) is 3.46. The molecule has 2 aromatic rings. The molecule has 1 N–H and O–H groups in total. The minimum atomic E-state index is -0.168. The van der Waals surface area contributed by atoms with Crippen molar-refractivity contribution in [3.05, 3.63) is 64.7 Å². The maximum Gasteiger partial charge on any atom is 0.255 e. The zero-order chi connectivity index (χ0) is 16.9. The molecular formula is C19H19ClN2O2. The molecule has 0 saturated carbocycles. The van der Waals surface area contributed by atoms with E-state index in [1.807, 2.05) is 29.2 Å². The van der Waals surface area contributed by atoms with Crippen molar-refractivity contribution in [3.8, 4) is 0 Å². The lowest BCUT2D eigenvalue weighted by Crippen LogP contribution is -2.29. The normalized spacial score (nSPS) is 13.8. The average molecular weight is 343 g/mol. The number of rotatable bonds is 4. The molecule has 0 bridgehead atoms. The van der Waals surface area contributed by atoms with Crippen molar-refractivity contribution in [2.45, 2.75) is 19.3 Å². The van der Waals surface area contributed by atoms with Gasteiger partial charge in [0.1, 0.15) is 0 Å². The van der Waals surface area contributed by atoms with Gasteiger partial charge < -0.3 is 10.2 Å². The van der Waals surface area contributed by atoms with Crippen molar-refractivity contribution in [3.63, 3.8) is 0 Å². The topological polar surface area (TPSA) is 49.4 Å². The van der Waals surface area contributed by atoms with Gasteiger partial charge in [-0.3, -0.25) is 9.59 Å². The van der Waals surface area contributed by atoms with Crippen LogP contribution in [0.5, 0.6) is 0 Å². The number of amides is 2. The second kappa shape index (κ2) is 7.49. The third-order valence-corrected chi connectivity index (χ3v) is 4.31. The summed E-state index contributed by atoms with van der Waals surface area (Å²) in [6.45, 7) is 1.56. The third kappa shape index (κ3) is 3.95. The molecule has 0 radical (unpaired) electrons. The van der Waals surface area contributed by atoms with Crippen LogP contribution in [-0.2, 0) is 11.2 Å². The molecule has 0 atom stereocenters. The third-order valence-electron chi connectivity index (χ3n) is 4.08. The van der Waals surface area contributed by atoms with Gasteiger partial charge >= 0.3 is 0 Å². The van der Waals surface area contributed by atoms with Crippen LogP contribution in [0.15, 0.2) is 48.5 Å². The fraction of sp³-hybridized carbons (Fsp3) is 0.263. The van der Waals surface area contributed by atoms with E-state index in [0.717, 1.165) is 31.5 Å².